The third kappa shape index (κ3) is 2.38. The average molecular weight is 231 g/mol. The molecule has 0 amide bonds. The van der Waals surface area contributed by atoms with Gasteiger partial charge in [-0.15, -0.1) is 11.3 Å². The first-order valence-electron chi connectivity index (χ1n) is 4.68. The predicted molar refractivity (Wildman–Crippen MR) is 63.1 cm³/mol. The molecule has 0 radical (unpaired) electrons. The van der Waals surface area contributed by atoms with E-state index in [9.17, 15) is 4.79 Å². The molecule has 0 saturated carbocycles. The van der Waals surface area contributed by atoms with E-state index in [0.29, 0.717) is 0 Å². The monoisotopic (exact) mass is 231 g/mol. The van der Waals surface area contributed by atoms with Crippen LogP contribution in [0.1, 0.15) is 12.0 Å². The number of esters is 1. The number of carbonyl (C=O) groups is 1. The van der Waals surface area contributed by atoms with Crippen molar-refractivity contribution >= 4 is 27.5 Å². The molecule has 0 atom stereocenters. The fourth-order valence-corrected chi connectivity index (χ4v) is 1.89. The summed E-state index contributed by atoms with van der Waals surface area (Å²) in [5, 5.41) is 0. The molecule has 0 aliphatic rings. The number of fused-ring (bicyclic) bond motifs is 1. The molecule has 2 aromatic rings. The van der Waals surface area contributed by atoms with Crippen molar-refractivity contribution in [2.45, 2.75) is 6.42 Å². The second-order valence-corrected chi connectivity index (χ2v) is 3.98. The number of carbonyl (C=O) groups excluding carboxylic acids is 1. The van der Waals surface area contributed by atoms with Crippen molar-refractivity contribution < 1.29 is 9.53 Å². The van der Waals surface area contributed by atoms with E-state index in [1.54, 1.807) is 16.8 Å². The molecule has 1 aromatic heterocycles. The van der Waals surface area contributed by atoms with Crippen LogP contribution in [0.3, 0.4) is 0 Å². The summed E-state index contributed by atoms with van der Waals surface area (Å²) in [5.74, 6) is 5.35. The highest BCUT2D eigenvalue weighted by atomic mass is 32.1. The van der Waals surface area contributed by atoms with Crippen LogP contribution in [0.25, 0.3) is 10.2 Å². The van der Waals surface area contributed by atoms with E-state index >= 15 is 0 Å². The molecule has 80 valence electrons. The summed E-state index contributed by atoms with van der Waals surface area (Å²) < 4.78 is 5.63. The van der Waals surface area contributed by atoms with Crippen molar-refractivity contribution in [2.75, 3.05) is 7.11 Å². The lowest BCUT2D eigenvalue weighted by molar-refractivity contribution is -0.139. The largest absolute Gasteiger partial charge is 0.468 e. The summed E-state index contributed by atoms with van der Waals surface area (Å²) in [5.41, 5.74) is 3.60. The summed E-state index contributed by atoms with van der Waals surface area (Å²) >= 11 is 1.59. The normalized spacial score (nSPS) is 9.56. The van der Waals surface area contributed by atoms with E-state index < -0.39 is 0 Å². The number of nitrogens with zero attached hydrogens (tertiary/aromatic N) is 1. The molecule has 0 aliphatic carbocycles. The molecule has 1 heterocycles. The number of hydrogen-bond donors (Lipinski definition) is 0. The fourth-order valence-electron chi connectivity index (χ4n) is 1.23. The van der Waals surface area contributed by atoms with Crippen molar-refractivity contribution in [3.05, 3.63) is 29.3 Å². The summed E-state index contributed by atoms with van der Waals surface area (Å²) in [6.07, 6.45) is 0.117. The van der Waals surface area contributed by atoms with Gasteiger partial charge >= 0.3 is 5.97 Å². The van der Waals surface area contributed by atoms with Crippen LogP contribution >= 0.6 is 11.3 Å². The van der Waals surface area contributed by atoms with Gasteiger partial charge in [0, 0.05) is 5.56 Å². The van der Waals surface area contributed by atoms with E-state index in [4.69, 9.17) is 0 Å². The highest BCUT2D eigenvalue weighted by Gasteiger charge is 1.97. The lowest BCUT2D eigenvalue weighted by Crippen LogP contribution is -1.96. The van der Waals surface area contributed by atoms with Crippen molar-refractivity contribution in [1.82, 2.24) is 4.98 Å². The van der Waals surface area contributed by atoms with Gasteiger partial charge in [-0.3, -0.25) is 4.79 Å². The highest BCUT2D eigenvalue weighted by Crippen LogP contribution is 2.18. The molecule has 2 rings (SSSR count). The van der Waals surface area contributed by atoms with Crippen LogP contribution < -0.4 is 0 Å². The number of benzene rings is 1. The molecule has 0 N–H and O–H groups in total. The van der Waals surface area contributed by atoms with Gasteiger partial charge in [-0.1, -0.05) is 11.8 Å². The maximum Gasteiger partial charge on any atom is 0.317 e. The number of aromatic nitrogens is 1. The maximum absolute atomic E-state index is 10.8. The molecule has 16 heavy (non-hydrogen) atoms. The smallest absolute Gasteiger partial charge is 0.317 e. The first kappa shape index (κ1) is 10.7. The third-order valence-corrected chi connectivity index (χ3v) is 2.83. The number of thiazole rings is 1. The summed E-state index contributed by atoms with van der Waals surface area (Å²) in [6.45, 7) is 0. The summed E-state index contributed by atoms with van der Waals surface area (Å²) in [6, 6.07) is 5.82. The molecule has 0 unspecified atom stereocenters. The maximum atomic E-state index is 10.8. The molecule has 4 heteroatoms. The molecule has 3 nitrogen and oxygen atoms in total. The van der Waals surface area contributed by atoms with Gasteiger partial charge in [-0.05, 0) is 18.2 Å². The Kier molecular flexibility index (Phi) is 3.18. The predicted octanol–water partition coefficient (Wildman–Crippen LogP) is 2.21. The van der Waals surface area contributed by atoms with Crippen molar-refractivity contribution in [3.8, 4) is 11.8 Å². The van der Waals surface area contributed by atoms with Crippen LogP contribution in [0.5, 0.6) is 0 Å². The Hall–Kier alpha value is -1.86. The Balaban J connectivity index is 2.17. The zero-order valence-electron chi connectivity index (χ0n) is 8.69. The topological polar surface area (TPSA) is 39.2 Å². The van der Waals surface area contributed by atoms with Crippen LogP contribution in [0.15, 0.2) is 23.7 Å². The van der Waals surface area contributed by atoms with Gasteiger partial charge in [0.1, 0.15) is 6.42 Å². The van der Waals surface area contributed by atoms with Crippen LogP contribution in [-0.4, -0.2) is 18.1 Å². The van der Waals surface area contributed by atoms with Gasteiger partial charge in [-0.2, -0.15) is 0 Å². The van der Waals surface area contributed by atoms with Crippen LogP contribution in [0.2, 0.25) is 0 Å². The minimum absolute atomic E-state index is 0.117. The van der Waals surface area contributed by atoms with E-state index in [1.165, 1.54) is 7.11 Å². The number of hydrogen-bond acceptors (Lipinski definition) is 4. The molecule has 0 spiro atoms. The molecule has 0 aliphatic heterocycles. The minimum Gasteiger partial charge on any atom is -0.468 e. The molecule has 0 saturated heterocycles. The second kappa shape index (κ2) is 4.77. The zero-order chi connectivity index (χ0) is 11.4. The first-order chi connectivity index (χ1) is 7.79. The first-order valence-corrected chi connectivity index (χ1v) is 5.56. The third-order valence-electron chi connectivity index (χ3n) is 2.02. The molecular formula is C12H9NO2S. The van der Waals surface area contributed by atoms with Crippen molar-refractivity contribution in [1.29, 1.82) is 0 Å². The van der Waals surface area contributed by atoms with Crippen molar-refractivity contribution in [2.24, 2.45) is 0 Å². The van der Waals surface area contributed by atoms with Gasteiger partial charge in [-0.25, -0.2) is 4.98 Å². The average Bonchev–Trinajstić information content (AvgIpc) is 2.76. The summed E-state index contributed by atoms with van der Waals surface area (Å²) in [7, 11) is 1.35. The van der Waals surface area contributed by atoms with Gasteiger partial charge in [0.2, 0.25) is 0 Å². The van der Waals surface area contributed by atoms with E-state index in [1.807, 2.05) is 18.2 Å². The molecule has 0 bridgehead atoms. The fraction of sp³-hybridized carbons (Fsp3) is 0.167. The van der Waals surface area contributed by atoms with Gasteiger partial charge in [0.25, 0.3) is 0 Å². The van der Waals surface area contributed by atoms with Crippen molar-refractivity contribution in [3.63, 3.8) is 0 Å². The van der Waals surface area contributed by atoms with E-state index in [0.717, 1.165) is 15.8 Å². The van der Waals surface area contributed by atoms with Gasteiger partial charge < -0.3 is 4.74 Å². The lowest BCUT2D eigenvalue weighted by Gasteiger charge is -1.91. The molecular weight excluding hydrogens is 222 g/mol. The number of rotatable bonds is 1. The van der Waals surface area contributed by atoms with E-state index in [-0.39, 0.29) is 12.4 Å². The zero-order valence-corrected chi connectivity index (χ0v) is 9.50. The Labute approximate surface area is 97.1 Å². The molecule has 0 fully saturated rings. The second-order valence-electron chi connectivity index (χ2n) is 3.09. The summed E-state index contributed by atoms with van der Waals surface area (Å²) in [4.78, 5) is 15.0. The van der Waals surface area contributed by atoms with Gasteiger partial charge in [0.05, 0.1) is 22.8 Å². The minimum atomic E-state index is -0.317. The van der Waals surface area contributed by atoms with Crippen LogP contribution in [0, 0.1) is 11.8 Å². The highest BCUT2D eigenvalue weighted by molar-refractivity contribution is 7.16. The quantitative estimate of drug-likeness (QED) is 0.558. The van der Waals surface area contributed by atoms with Crippen LogP contribution in [0.4, 0.5) is 0 Å². The SMILES string of the molecule is COC(=O)CC#Cc1ccc2scnc2c1. The van der Waals surface area contributed by atoms with Gasteiger partial charge in [0.15, 0.2) is 0 Å². The Morgan fingerprint density at radius 1 is 1.56 bits per heavy atom. The number of methoxy groups -OCH3 is 1. The van der Waals surface area contributed by atoms with E-state index in [2.05, 4.69) is 21.6 Å². The standard InChI is InChI=1S/C12H9NO2S/c1-15-12(14)4-2-3-9-5-6-11-10(7-9)13-8-16-11/h5-8H,4H2,1H3. The Morgan fingerprint density at radius 2 is 2.44 bits per heavy atom. The lowest BCUT2D eigenvalue weighted by atomic mass is 10.2. The van der Waals surface area contributed by atoms with Crippen LogP contribution in [-0.2, 0) is 9.53 Å². The molecule has 1 aromatic carbocycles. The Morgan fingerprint density at radius 3 is 3.25 bits per heavy atom. The number of ether oxygens (including phenoxy) is 1. The Bertz CT molecular complexity index is 577.